The van der Waals surface area contributed by atoms with Crippen LogP contribution in [0.5, 0.6) is 0 Å². The number of halogens is 3. The van der Waals surface area contributed by atoms with E-state index in [1.165, 1.54) is 23.5 Å². The topological polar surface area (TPSA) is 24.9 Å². The van der Waals surface area contributed by atoms with Gasteiger partial charge >= 0.3 is 0 Å². The van der Waals surface area contributed by atoms with E-state index < -0.39 is 0 Å². The van der Waals surface area contributed by atoms with E-state index in [4.69, 9.17) is 23.2 Å². The van der Waals surface area contributed by atoms with Crippen LogP contribution < -0.4 is 5.32 Å². The van der Waals surface area contributed by atoms with Gasteiger partial charge in [0.2, 0.25) is 0 Å². The highest BCUT2D eigenvalue weighted by molar-refractivity contribution is 7.18. The quantitative estimate of drug-likeness (QED) is 0.633. The van der Waals surface area contributed by atoms with E-state index in [2.05, 4.69) is 10.3 Å². The van der Waals surface area contributed by atoms with Crippen molar-refractivity contribution in [3.8, 4) is 10.4 Å². The number of thiazole rings is 1. The molecule has 0 aliphatic carbocycles. The van der Waals surface area contributed by atoms with Crippen molar-refractivity contribution in [3.05, 3.63) is 64.5 Å². The van der Waals surface area contributed by atoms with E-state index in [0.717, 1.165) is 21.3 Å². The Labute approximate surface area is 135 Å². The molecule has 1 N–H and O–H groups in total. The molecule has 0 amide bonds. The SMILES string of the molecule is Fc1ccc(Nc2ncc(-c3ccc(Cl)c(Cl)c3)s2)cc1. The minimum atomic E-state index is -0.267. The van der Waals surface area contributed by atoms with Crippen LogP contribution in [0.15, 0.2) is 48.7 Å². The smallest absolute Gasteiger partial charge is 0.187 e. The van der Waals surface area contributed by atoms with Gasteiger partial charge in [-0.2, -0.15) is 0 Å². The van der Waals surface area contributed by atoms with E-state index in [1.807, 2.05) is 6.07 Å². The third-order valence-electron chi connectivity index (χ3n) is 2.81. The van der Waals surface area contributed by atoms with Crippen LogP contribution in [-0.2, 0) is 0 Å². The monoisotopic (exact) mass is 338 g/mol. The molecular formula is C15H9Cl2FN2S. The van der Waals surface area contributed by atoms with Crippen molar-refractivity contribution in [2.24, 2.45) is 0 Å². The lowest BCUT2D eigenvalue weighted by atomic mass is 10.2. The number of rotatable bonds is 3. The number of nitrogens with one attached hydrogen (secondary N) is 1. The molecule has 3 rings (SSSR count). The minimum absolute atomic E-state index is 0.267. The van der Waals surface area contributed by atoms with Crippen molar-refractivity contribution in [2.75, 3.05) is 5.32 Å². The van der Waals surface area contributed by atoms with Crippen LogP contribution in [0, 0.1) is 5.82 Å². The van der Waals surface area contributed by atoms with Crippen LogP contribution in [0.1, 0.15) is 0 Å². The molecular weight excluding hydrogens is 330 g/mol. The standard InChI is InChI=1S/C15H9Cl2FN2S/c16-12-6-1-9(7-13(12)17)14-8-19-15(21-14)20-11-4-2-10(18)3-5-11/h1-8H,(H,19,20). The number of aromatic nitrogens is 1. The zero-order valence-corrected chi connectivity index (χ0v) is 12.9. The van der Waals surface area contributed by atoms with Crippen molar-refractivity contribution >= 4 is 45.4 Å². The van der Waals surface area contributed by atoms with Crippen molar-refractivity contribution in [2.45, 2.75) is 0 Å². The largest absolute Gasteiger partial charge is 0.332 e. The fourth-order valence-corrected chi connectivity index (χ4v) is 2.90. The Morgan fingerprint density at radius 3 is 2.48 bits per heavy atom. The molecule has 0 fully saturated rings. The molecule has 0 saturated heterocycles. The Hall–Kier alpha value is -1.62. The molecule has 0 bridgehead atoms. The zero-order valence-electron chi connectivity index (χ0n) is 10.6. The molecule has 0 atom stereocenters. The summed E-state index contributed by atoms with van der Waals surface area (Å²) in [6.45, 7) is 0. The molecule has 0 aliphatic rings. The Bertz CT molecular complexity index is 772. The van der Waals surface area contributed by atoms with Gasteiger partial charge in [0.25, 0.3) is 0 Å². The zero-order chi connectivity index (χ0) is 14.8. The lowest BCUT2D eigenvalue weighted by Gasteiger charge is -2.01. The average Bonchev–Trinajstić information content (AvgIpc) is 2.93. The van der Waals surface area contributed by atoms with Gasteiger partial charge in [-0.05, 0) is 42.0 Å². The normalized spacial score (nSPS) is 10.6. The summed E-state index contributed by atoms with van der Waals surface area (Å²) < 4.78 is 12.9. The van der Waals surface area contributed by atoms with Crippen molar-refractivity contribution in [1.82, 2.24) is 4.98 Å². The second-order valence-electron chi connectivity index (χ2n) is 4.29. The summed E-state index contributed by atoms with van der Waals surface area (Å²) in [4.78, 5) is 5.27. The second kappa shape index (κ2) is 6.02. The number of anilines is 2. The number of benzene rings is 2. The van der Waals surface area contributed by atoms with Crippen LogP contribution in [0.2, 0.25) is 10.0 Å². The molecule has 0 aliphatic heterocycles. The predicted octanol–water partition coefficient (Wildman–Crippen LogP) is 6.00. The van der Waals surface area contributed by atoms with Gasteiger partial charge < -0.3 is 5.32 Å². The molecule has 3 aromatic rings. The summed E-state index contributed by atoms with van der Waals surface area (Å²) in [7, 11) is 0. The van der Waals surface area contributed by atoms with Gasteiger partial charge in [-0.15, -0.1) is 0 Å². The van der Waals surface area contributed by atoms with Crippen molar-refractivity contribution < 1.29 is 4.39 Å². The molecule has 1 heterocycles. The Kier molecular flexibility index (Phi) is 4.10. The molecule has 0 radical (unpaired) electrons. The maximum absolute atomic E-state index is 12.9. The molecule has 1 aromatic heterocycles. The van der Waals surface area contributed by atoms with E-state index in [0.29, 0.717) is 10.0 Å². The third-order valence-corrected chi connectivity index (χ3v) is 4.51. The van der Waals surface area contributed by atoms with E-state index >= 15 is 0 Å². The van der Waals surface area contributed by atoms with Crippen LogP contribution in [0.3, 0.4) is 0 Å². The lowest BCUT2D eigenvalue weighted by Crippen LogP contribution is -1.88. The number of nitrogens with zero attached hydrogens (tertiary/aromatic N) is 1. The van der Waals surface area contributed by atoms with Gasteiger partial charge in [0.05, 0.1) is 14.9 Å². The van der Waals surface area contributed by atoms with Crippen molar-refractivity contribution in [1.29, 1.82) is 0 Å². The fraction of sp³-hybridized carbons (Fsp3) is 0. The third kappa shape index (κ3) is 3.35. The molecule has 21 heavy (non-hydrogen) atoms. The molecule has 2 aromatic carbocycles. The van der Waals surface area contributed by atoms with Gasteiger partial charge in [-0.25, -0.2) is 9.37 Å². The van der Waals surface area contributed by atoms with Crippen LogP contribution >= 0.6 is 34.5 Å². The lowest BCUT2D eigenvalue weighted by molar-refractivity contribution is 0.628. The highest BCUT2D eigenvalue weighted by Crippen LogP contribution is 2.34. The van der Waals surface area contributed by atoms with Gasteiger partial charge in [0.1, 0.15) is 5.82 Å². The molecule has 0 saturated carbocycles. The first-order valence-electron chi connectivity index (χ1n) is 6.06. The number of hydrogen-bond acceptors (Lipinski definition) is 3. The second-order valence-corrected chi connectivity index (χ2v) is 6.14. The summed E-state index contributed by atoms with van der Waals surface area (Å²) in [5.74, 6) is -0.267. The maximum Gasteiger partial charge on any atom is 0.187 e. The number of hydrogen-bond donors (Lipinski definition) is 1. The molecule has 106 valence electrons. The van der Waals surface area contributed by atoms with Gasteiger partial charge in [-0.3, -0.25) is 0 Å². The van der Waals surface area contributed by atoms with Crippen LogP contribution in [0.4, 0.5) is 15.2 Å². The summed E-state index contributed by atoms with van der Waals surface area (Å²) >= 11 is 13.4. The first-order valence-corrected chi connectivity index (χ1v) is 7.63. The Morgan fingerprint density at radius 2 is 1.76 bits per heavy atom. The molecule has 2 nitrogen and oxygen atoms in total. The average molecular weight is 339 g/mol. The summed E-state index contributed by atoms with van der Waals surface area (Å²) in [6.07, 6.45) is 1.76. The summed E-state index contributed by atoms with van der Waals surface area (Å²) in [5.41, 5.74) is 1.74. The van der Waals surface area contributed by atoms with E-state index in [1.54, 1.807) is 30.5 Å². The molecule has 0 spiro atoms. The van der Waals surface area contributed by atoms with Gasteiger partial charge in [0.15, 0.2) is 5.13 Å². The van der Waals surface area contributed by atoms with Crippen molar-refractivity contribution in [3.63, 3.8) is 0 Å². The summed E-state index contributed by atoms with van der Waals surface area (Å²) in [5, 5.41) is 4.89. The first kappa shape index (κ1) is 14.3. The van der Waals surface area contributed by atoms with Gasteiger partial charge in [0, 0.05) is 11.9 Å². The van der Waals surface area contributed by atoms with E-state index in [9.17, 15) is 4.39 Å². The van der Waals surface area contributed by atoms with E-state index in [-0.39, 0.29) is 5.82 Å². The minimum Gasteiger partial charge on any atom is -0.332 e. The fourth-order valence-electron chi connectivity index (χ4n) is 1.77. The maximum atomic E-state index is 12.9. The van der Waals surface area contributed by atoms with Gasteiger partial charge in [-0.1, -0.05) is 40.6 Å². The Balaban J connectivity index is 1.82. The predicted molar refractivity (Wildman–Crippen MR) is 87.3 cm³/mol. The van der Waals surface area contributed by atoms with Crippen LogP contribution in [-0.4, -0.2) is 4.98 Å². The molecule has 6 heteroatoms. The Morgan fingerprint density at radius 1 is 1.00 bits per heavy atom. The summed E-state index contributed by atoms with van der Waals surface area (Å²) in [6, 6.07) is 11.6. The molecule has 0 unspecified atom stereocenters. The highest BCUT2D eigenvalue weighted by atomic mass is 35.5. The highest BCUT2D eigenvalue weighted by Gasteiger charge is 2.07. The van der Waals surface area contributed by atoms with Crippen LogP contribution in [0.25, 0.3) is 10.4 Å². The first-order chi connectivity index (χ1) is 10.1.